The molecule has 2 aromatic heterocycles. The minimum absolute atomic E-state index is 0.120. The van der Waals surface area contributed by atoms with Gasteiger partial charge < -0.3 is 5.11 Å². The van der Waals surface area contributed by atoms with Crippen molar-refractivity contribution in [2.24, 2.45) is 0 Å². The van der Waals surface area contributed by atoms with Crippen LogP contribution in [0, 0.1) is 13.8 Å². The van der Waals surface area contributed by atoms with Crippen LogP contribution in [-0.2, 0) is 11.2 Å². The minimum Gasteiger partial charge on any atom is -0.481 e. The number of hydrogen-bond acceptors (Lipinski definition) is 4. The van der Waals surface area contributed by atoms with Crippen molar-refractivity contribution in [3.05, 3.63) is 35.4 Å². The maximum absolute atomic E-state index is 10.6. The molecular weight excluding hydrogens is 220 g/mol. The molecule has 2 heterocycles. The molecule has 0 atom stereocenters. The van der Waals surface area contributed by atoms with E-state index in [2.05, 4.69) is 15.3 Å². The number of pyridine rings is 1. The number of aromatic nitrogens is 4. The van der Waals surface area contributed by atoms with Crippen molar-refractivity contribution in [1.82, 2.24) is 20.0 Å². The number of aliphatic carboxylic acids is 1. The Morgan fingerprint density at radius 2 is 2.18 bits per heavy atom. The highest BCUT2D eigenvalue weighted by atomic mass is 16.4. The Balaban J connectivity index is 2.40. The number of carbonyl (C=O) groups is 1. The van der Waals surface area contributed by atoms with Gasteiger partial charge >= 0.3 is 5.97 Å². The van der Waals surface area contributed by atoms with Crippen LogP contribution in [0.25, 0.3) is 5.69 Å². The van der Waals surface area contributed by atoms with Gasteiger partial charge in [0.25, 0.3) is 0 Å². The van der Waals surface area contributed by atoms with Gasteiger partial charge in [0.05, 0.1) is 29.7 Å². The molecule has 6 nitrogen and oxygen atoms in total. The lowest BCUT2D eigenvalue weighted by Gasteiger charge is -2.03. The average molecular weight is 232 g/mol. The summed E-state index contributed by atoms with van der Waals surface area (Å²) in [5, 5.41) is 16.5. The van der Waals surface area contributed by atoms with E-state index in [0.717, 1.165) is 16.9 Å². The predicted octanol–water partition coefficient (Wildman–Crippen LogP) is 0.906. The van der Waals surface area contributed by atoms with Crippen molar-refractivity contribution in [2.75, 3.05) is 0 Å². The van der Waals surface area contributed by atoms with Crippen LogP contribution in [0.1, 0.15) is 17.0 Å². The summed E-state index contributed by atoms with van der Waals surface area (Å²) in [7, 11) is 0. The number of rotatable bonds is 3. The molecule has 0 radical (unpaired) electrons. The van der Waals surface area contributed by atoms with Gasteiger partial charge in [-0.05, 0) is 25.5 Å². The van der Waals surface area contributed by atoms with Gasteiger partial charge in [-0.2, -0.15) is 0 Å². The standard InChI is InChI=1S/C11H12N4O2/c1-7-3-9(6-12-5-7)15-8(2)10(13-14-15)4-11(16)17/h3,5-6H,4H2,1-2H3,(H,16,17). The molecule has 2 rings (SSSR count). The molecular formula is C11H12N4O2. The van der Waals surface area contributed by atoms with Crippen LogP contribution < -0.4 is 0 Å². The van der Waals surface area contributed by atoms with E-state index < -0.39 is 5.97 Å². The summed E-state index contributed by atoms with van der Waals surface area (Å²) in [6.45, 7) is 3.72. The minimum atomic E-state index is -0.914. The van der Waals surface area contributed by atoms with E-state index in [1.807, 2.05) is 13.0 Å². The fraction of sp³-hybridized carbons (Fsp3) is 0.273. The maximum Gasteiger partial charge on any atom is 0.309 e. The molecule has 2 aromatic rings. The number of nitrogens with zero attached hydrogens (tertiary/aromatic N) is 4. The Morgan fingerprint density at radius 1 is 1.41 bits per heavy atom. The van der Waals surface area contributed by atoms with Crippen molar-refractivity contribution in [3.8, 4) is 5.69 Å². The molecule has 0 saturated heterocycles. The van der Waals surface area contributed by atoms with Crippen LogP contribution in [0.3, 0.4) is 0 Å². The topological polar surface area (TPSA) is 80.9 Å². The van der Waals surface area contributed by atoms with E-state index in [1.165, 1.54) is 0 Å². The van der Waals surface area contributed by atoms with E-state index >= 15 is 0 Å². The van der Waals surface area contributed by atoms with Gasteiger partial charge in [-0.25, -0.2) is 4.68 Å². The lowest BCUT2D eigenvalue weighted by Crippen LogP contribution is -2.04. The van der Waals surface area contributed by atoms with E-state index in [9.17, 15) is 4.79 Å². The molecule has 0 amide bonds. The third-order valence-electron chi connectivity index (χ3n) is 2.41. The lowest BCUT2D eigenvalue weighted by atomic mass is 10.2. The highest BCUT2D eigenvalue weighted by molar-refractivity contribution is 5.69. The molecule has 1 N–H and O–H groups in total. The first-order valence-electron chi connectivity index (χ1n) is 5.13. The summed E-state index contributed by atoms with van der Waals surface area (Å²) in [6, 6.07) is 1.92. The molecule has 0 fully saturated rings. The molecule has 17 heavy (non-hydrogen) atoms. The number of carboxylic acid groups (broad SMARTS) is 1. The highest BCUT2D eigenvalue weighted by Crippen LogP contribution is 2.12. The average Bonchev–Trinajstić information content (AvgIpc) is 2.60. The normalized spacial score (nSPS) is 10.5. The second-order valence-corrected chi connectivity index (χ2v) is 3.82. The Morgan fingerprint density at radius 3 is 2.82 bits per heavy atom. The molecule has 0 spiro atoms. The highest BCUT2D eigenvalue weighted by Gasteiger charge is 2.13. The van der Waals surface area contributed by atoms with Crippen LogP contribution in [0.5, 0.6) is 0 Å². The second kappa shape index (κ2) is 4.32. The zero-order valence-electron chi connectivity index (χ0n) is 9.58. The maximum atomic E-state index is 10.6. The summed E-state index contributed by atoms with van der Waals surface area (Å²) in [4.78, 5) is 14.7. The van der Waals surface area contributed by atoms with E-state index in [-0.39, 0.29) is 6.42 Å². The van der Waals surface area contributed by atoms with Gasteiger partial charge in [-0.15, -0.1) is 5.10 Å². The van der Waals surface area contributed by atoms with Crippen LogP contribution in [0.4, 0.5) is 0 Å². The summed E-state index contributed by atoms with van der Waals surface area (Å²) < 4.78 is 1.60. The van der Waals surface area contributed by atoms with Crippen LogP contribution in [0.15, 0.2) is 18.5 Å². The van der Waals surface area contributed by atoms with Crippen LogP contribution in [0.2, 0.25) is 0 Å². The largest absolute Gasteiger partial charge is 0.481 e. The van der Waals surface area contributed by atoms with Crippen LogP contribution in [-0.4, -0.2) is 31.1 Å². The van der Waals surface area contributed by atoms with Gasteiger partial charge in [0.1, 0.15) is 0 Å². The molecule has 0 bridgehead atoms. The summed E-state index contributed by atoms with van der Waals surface area (Å²) >= 11 is 0. The number of aryl methyl sites for hydroxylation is 1. The van der Waals surface area contributed by atoms with E-state index in [1.54, 1.807) is 24.0 Å². The molecule has 0 aromatic carbocycles. The summed E-state index contributed by atoms with van der Waals surface area (Å²) in [5.74, 6) is -0.914. The van der Waals surface area contributed by atoms with Crippen LogP contribution >= 0.6 is 0 Å². The van der Waals surface area contributed by atoms with Crippen molar-refractivity contribution in [1.29, 1.82) is 0 Å². The third-order valence-corrected chi connectivity index (χ3v) is 2.41. The van der Waals surface area contributed by atoms with Gasteiger partial charge in [0.15, 0.2) is 0 Å². The van der Waals surface area contributed by atoms with Crippen molar-refractivity contribution >= 4 is 5.97 Å². The first kappa shape index (κ1) is 11.3. The Hall–Kier alpha value is -2.24. The zero-order valence-corrected chi connectivity index (χ0v) is 9.58. The van der Waals surface area contributed by atoms with Crippen molar-refractivity contribution < 1.29 is 9.90 Å². The van der Waals surface area contributed by atoms with Crippen molar-refractivity contribution in [2.45, 2.75) is 20.3 Å². The molecule has 0 saturated carbocycles. The molecule has 0 aliphatic carbocycles. The fourth-order valence-corrected chi connectivity index (χ4v) is 1.57. The van der Waals surface area contributed by atoms with E-state index in [0.29, 0.717) is 5.69 Å². The number of hydrogen-bond donors (Lipinski definition) is 1. The molecule has 0 aliphatic heterocycles. The van der Waals surface area contributed by atoms with Gasteiger partial charge in [0, 0.05) is 6.20 Å². The first-order chi connectivity index (χ1) is 8.08. The zero-order chi connectivity index (χ0) is 12.4. The smallest absolute Gasteiger partial charge is 0.309 e. The Kier molecular flexibility index (Phi) is 2.86. The predicted molar refractivity (Wildman–Crippen MR) is 60.0 cm³/mol. The summed E-state index contributed by atoms with van der Waals surface area (Å²) in [6.07, 6.45) is 3.29. The quantitative estimate of drug-likeness (QED) is 0.850. The van der Waals surface area contributed by atoms with E-state index in [4.69, 9.17) is 5.11 Å². The second-order valence-electron chi connectivity index (χ2n) is 3.82. The molecule has 0 unspecified atom stereocenters. The van der Waals surface area contributed by atoms with Gasteiger partial charge in [0.2, 0.25) is 0 Å². The van der Waals surface area contributed by atoms with Gasteiger partial charge in [-0.1, -0.05) is 5.21 Å². The Labute approximate surface area is 97.9 Å². The first-order valence-corrected chi connectivity index (χ1v) is 5.13. The summed E-state index contributed by atoms with van der Waals surface area (Å²) in [5.41, 5.74) is 2.99. The molecule has 6 heteroatoms. The Bertz CT molecular complexity index is 562. The monoisotopic (exact) mass is 232 g/mol. The SMILES string of the molecule is Cc1cncc(-n2nnc(CC(=O)O)c2C)c1. The third kappa shape index (κ3) is 2.30. The molecule has 0 aliphatic rings. The molecule has 88 valence electrons. The van der Waals surface area contributed by atoms with Gasteiger partial charge in [-0.3, -0.25) is 9.78 Å². The number of carboxylic acids is 1. The lowest BCUT2D eigenvalue weighted by molar-refractivity contribution is -0.136. The fourth-order valence-electron chi connectivity index (χ4n) is 1.57. The van der Waals surface area contributed by atoms with Crippen molar-refractivity contribution in [3.63, 3.8) is 0 Å².